The van der Waals surface area contributed by atoms with Gasteiger partial charge in [0.1, 0.15) is 6.61 Å². The Morgan fingerprint density at radius 2 is 2.50 bits per heavy atom. The highest BCUT2D eigenvalue weighted by Crippen LogP contribution is 1.64. The molecule has 0 radical (unpaired) electrons. The Morgan fingerprint density at radius 3 is 2.50 bits per heavy atom. The largest absolute Gasteiger partial charge is 0.547 e. The molecular formula is C3H5O3-. The molecule has 0 fully saturated rings. The van der Waals surface area contributed by atoms with Crippen LogP contribution >= 0.6 is 0 Å². The summed E-state index contributed by atoms with van der Waals surface area (Å²) in [5.41, 5.74) is 0. The Morgan fingerprint density at radius 1 is 2.00 bits per heavy atom. The van der Waals surface area contributed by atoms with Gasteiger partial charge in [0, 0.05) is 0 Å². The molecule has 0 aromatic rings. The average molecular weight is 89.1 g/mol. The third-order valence-electron chi connectivity index (χ3n) is 0.226. The molecule has 0 aromatic carbocycles. The van der Waals surface area contributed by atoms with Gasteiger partial charge in [-0.15, -0.1) is 0 Å². The van der Waals surface area contributed by atoms with Crippen LogP contribution in [0.5, 0.6) is 0 Å². The van der Waals surface area contributed by atoms with Gasteiger partial charge in [-0.3, -0.25) is 0 Å². The minimum atomic E-state index is -0.995. The molecule has 0 spiro atoms. The third kappa shape index (κ3) is 3.43. The fourth-order valence-corrected chi connectivity index (χ4v) is 0.0873. The van der Waals surface area contributed by atoms with Gasteiger partial charge in [0.05, 0.1) is 0 Å². The number of rotatable bonds is 2. The summed E-state index contributed by atoms with van der Waals surface area (Å²) in [7, 11) is 2.84. The normalized spacial score (nSPS) is 8.17. The van der Waals surface area contributed by atoms with E-state index in [-0.39, 0.29) is 6.61 Å². The standard InChI is InChI=1S/C3H5O3/c1-6-2-3(4)5/h1-2H2,(H,4,5)/q-1. The number of hydrogen-bond donors (Lipinski definition) is 1. The highest BCUT2D eigenvalue weighted by Gasteiger charge is 1.84. The van der Waals surface area contributed by atoms with Gasteiger partial charge in [0.25, 0.3) is 0 Å². The van der Waals surface area contributed by atoms with Crippen molar-refractivity contribution < 1.29 is 14.6 Å². The minimum Gasteiger partial charge on any atom is -0.547 e. The second-order valence-electron chi connectivity index (χ2n) is 0.742. The molecule has 0 bridgehead atoms. The topological polar surface area (TPSA) is 46.5 Å². The number of aliphatic carboxylic acids is 1. The van der Waals surface area contributed by atoms with Gasteiger partial charge in [-0.25, -0.2) is 11.9 Å². The van der Waals surface area contributed by atoms with E-state index in [2.05, 4.69) is 11.8 Å². The zero-order chi connectivity index (χ0) is 4.99. The lowest BCUT2D eigenvalue weighted by molar-refractivity contribution is -0.140. The van der Waals surface area contributed by atoms with Crippen molar-refractivity contribution >= 4 is 5.97 Å². The van der Waals surface area contributed by atoms with Crippen molar-refractivity contribution in [2.24, 2.45) is 0 Å². The SMILES string of the molecule is [CH2-]OCC(=O)O. The number of carbonyl (C=O) groups is 1. The molecule has 0 unspecified atom stereocenters. The van der Waals surface area contributed by atoms with Gasteiger partial charge < -0.3 is 9.84 Å². The molecule has 0 aromatic heterocycles. The molecule has 0 aliphatic heterocycles. The lowest BCUT2D eigenvalue weighted by Gasteiger charge is -1.93. The average Bonchev–Trinajstić information content (AvgIpc) is 1.35. The van der Waals surface area contributed by atoms with Crippen molar-refractivity contribution in [3.63, 3.8) is 0 Å². The summed E-state index contributed by atoms with van der Waals surface area (Å²) in [5, 5.41) is 7.75. The molecule has 0 atom stereocenters. The van der Waals surface area contributed by atoms with E-state index < -0.39 is 5.97 Å². The molecule has 1 N–H and O–H groups in total. The summed E-state index contributed by atoms with van der Waals surface area (Å²) in [4.78, 5) is 9.43. The maximum atomic E-state index is 9.43. The van der Waals surface area contributed by atoms with E-state index in [9.17, 15) is 4.79 Å². The Bertz CT molecular complexity index is 50.0. The number of carboxylic acids is 1. The van der Waals surface area contributed by atoms with Crippen LogP contribution in [-0.4, -0.2) is 17.7 Å². The zero-order valence-electron chi connectivity index (χ0n) is 3.18. The van der Waals surface area contributed by atoms with Crippen LogP contribution in [0.1, 0.15) is 0 Å². The Kier molecular flexibility index (Phi) is 2.40. The smallest absolute Gasteiger partial charge is 0.326 e. The van der Waals surface area contributed by atoms with Crippen LogP contribution in [0.2, 0.25) is 0 Å². The fraction of sp³-hybridized carbons (Fsp3) is 0.333. The van der Waals surface area contributed by atoms with E-state index in [1.54, 1.807) is 0 Å². The van der Waals surface area contributed by atoms with Crippen LogP contribution in [0.4, 0.5) is 0 Å². The quantitative estimate of drug-likeness (QED) is 0.480. The van der Waals surface area contributed by atoms with Crippen LogP contribution < -0.4 is 0 Å². The number of ether oxygens (including phenoxy) is 1. The number of hydrogen-bond acceptors (Lipinski definition) is 2. The molecule has 6 heavy (non-hydrogen) atoms. The van der Waals surface area contributed by atoms with E-state index in [0.29, 0.717) is 0 Å². The first-order valence-corrected chi connectivity index (χ1v) is 1.36. The van der Waals surface area contributed by atoms with E-state index in [1.165, 1.54) is 0 Å². The summed E-state index contributed by atoms with van der Waals surface area (Å²) in [5.74, 6) is -0.995. The van der Waals surface area contributed by atoms with E-state index in [4.69, 9.17) is 5.11 Å². The van der Waals surface area contributed by atoms with Gasteiger partial charge in [0.15, 0.2) is 0 Å². The molecule has 0 amide bonds. The van der Waals surface area contributed by atoms with Crippen LogP contribution in [0, 0.1) is 7.11 Å². The van der Waals surface area contributed by atoms with E-state index in [1.807, 2.05) is 0 Å². The van der Waals surface area contributed by atoms with Gasteiger partial charge >= 0.3 is 5.97 Å². The maximum Gasteiger partial charge on any atom is 0.326 e. The fourth-order valence-electron chi connectivity index (χ4n) is 0.0873. The van der Waals surface area contributed by atoms with Crippen molar-refractivity contribution in [2.45, 2.75) is 0 Å². The molecule has 0 saturated heterocycles. The van der Waals surface area contributed by atoms with Gasteiger partial charge in [0.2, 0.25) is 0 Å². The van der Waals surface area contributed by atoms with Crippen molar-refractivity contribution in [1.82, 2.24) is 0 Å². The Balaban J connectivity index is 2.83. The number of carboxylic acid groups (broad SMARTS) is 1. The summed E-state index contributed by atoms with van der Waals surface area (Å²) in [6, 6.07) is 0. The Labute approximate surface area is 35.5 Å². The van der Waals surface area contributed by atoms with Crippen LogP contribution in [0.25, 0.3) is 0 Å². The highest BCUT2D eigenvalue weighted by atomic mass is 16.5. The van der Waals surface area contributed by atoms with Gasteiger partial charge in [-0.05, 0) is 0 Å². The first-order chi connectivity index (χ1) is 2.77. The van der Waals surface area contributed by atoms with Crippen LogP contribution in [0.15, 0.2) is 0 Å². The molecule has 0 aliphatic rings. The molecule has 3 nitrogen and oxygen atoms in total. The summed E-state index contributed by atoms with van der Waals surface area (Å²) in [6.45, 7) is -0.319. The Hall–Kier alpha value is -0.570. The van der Waals surface area contributed by atoms with Gasteiger partial charge in [-0.1, -0.05) is 0 Å². The van der Waals surface area contributed by atoms with E-state index in [0.717, 1.165) is 0 Å². The monoisotopic (exact) mass is 89.0 g/mol. The predicted molar refractivity (Wildman–Crippen MR) is 18.9 cm³/mol. The third-order valence-corrected chi connectivity index (χ3v) is 0.226. The second kappa shape index (κ2) is 2.66. The molecule has 3 heteroatoms. The highest BCUT2D eigenvalue weighted by molar-refractivity contribution is 5.67. The predicted octanol–water partition coefficient (Wildman–Crippen LogP) is -0.121. The summed E-state index contributed by atoms with van der Waals surface area (Å²) >= 11 is 0. The maximum absolute atomic E-state index is 9.43. The molecule has 0 rings (SSSR count). The second-order valence-corrected chi connectivity index (χ2v) is 0.742. The van der Waals surface area contributed by atoms with Crippen molar-refractivity contribution in [3.05, 3.63) is 7.11 Å². The van der Waals surface area contributed by atoms with Crippen LogP contribution in [0.3, 0.4) is 0 Å². The van der Waals surface area contributed by atoms with Gasteiger partial charge in [-0.2, -0.15) is 0 Å². The lowest BCUT2D eigenvalue weighted by Crippen LogP contribution is -2.01. The molecule has 0 saturated carbocycles. The first-order valence-electron chi connectivity index (χ1n) is 1.36. The van der Waals surface area contributed by atoms with Crippen molar-refractivity contribution in [2.75, 3.05) is 6.61 Å². The van der Waals surface area contributed by atoms with Crippen LogP contribution in [-0.2, 0) is 9.53 Å². The molecule has 0 heterocycles. The minimum absolute atomic E-state index is 0.319. The zero-order valence-corrected chi connectivity index (χ0v) is 3.18. The summed E-state index contributed by atoms with van der Waals surface area (Å²) in [6.07, 6.45) is 0. The van der Waals surface area contributed by atoms with Crippen molar-refractivity contribution in [1.29, 1.82) is 0 Å². The summed E-state index contributed by atoms with van der Waals surface area (Å²) < 4.78 is 3.95. The van der Waals surface area contributed by atoms with Crippen molar-refractivity contribution in [3.8, 4) is 0 Å². The van der Waals surface area contributed by atoms with E-state index >= 15 is 0 Å². The molecule has 36 valence electrons. The first kappa shape index (κ1) is 5.43. The lowest BCUT2D eigenvalue weighted by atomic mass is 10.8. The molecule has 0 aliphatic carbocycles. The molecular weight excluding hydrogens is 84.0 g/mol.